The van der Waals surface area contributed by atoms with Crippen LogP contribution in [0.4, 0.5) is 0 Å². The molecule has 0 bridgehead atoms. The Morgan fingerprint density at radius 3 is 2.25 bits per heavy atom. The molecular weight excluding hydrogens is 460 g/mol. The van der Waals surface area contributed by atoms with Gasteiger partial charge in [-0.2, -0.15) is 0 Å². The molecule has 1 spiro atoms. The van der Waals surface area contributed by atoms with E-state index in [1.165, 1.54) is 12.2 Å². The number of hydrogen-bond donors (Lipinski definition) is 3. The van der Waals surface area contributed by atoms with Gasteiger partial charge >= 0.3 is 11.9 Å². The molecule has 2 aliphatic rings. The van der Waals surface area contributed by atoms with Gasteiger partial charge in [-0.05, 0) is 50.5 Å². The molecule has 2 rings (SSSR count). The van der Waals surface area contributed by atoms with E-state index < -0.39 is 23.8 Å². The largest absolute Gasteiger partial charge is 0.478 e. The fourth-order valence-corrected chi connectivity index (χ4v) is 4.53. The number of allylic oxidation sites excluding steroid dienone is 4. The summed E-state index contributed by atoms with van der Waals surface area (Å²) in [6.07, 6.45) is 16.6. The normalized spacial score (nSPS) is 31.9. The van der Waals surface area contributed by atoms with Crippen molar-refractivity contribution in [3.63, 3.8) is 0 Å². The van der Waals surface area contributed by atoms with E-state index in [0.717, 1.165) is 43.8 Å². The van der Waals surface area contributed by atoms with Crippen molar-refractivity contribution in [2.75, 3.05) is 0 Å². The summed E-state index contributed by atoms with van der Waals surface area (Å²) in [4.78, 5) is 21.5. The van der Waals surface area contributed by atoms with Crippen LogP contribution in [0.25, 0.3) is 0 Å². The van der Waals surface area contributed by atoms with Crippen LogP contribution in [0.15, 0.2) is 59.8 Å². The van der Waals surface area contributed by atoms with Gasteiger partial charge in [0.15, 0.2) is 5.79 Å². The van der Waals surface area contributed by atoms with Gasteiger partial charge in [0.1, 0.15) is 0 Å². The molecule has 0 unspecified atom stereocenters. The lowest BCUT2D eigenvalue weighted by atomic mass is 9.83. The number of ether oxygens (including phenoxy) is 2. The van der Waals surface area contributed by atoms with Gasteiger partial charge in [0.25, 0.3) is 0 Å². The Balaban J connectivity index is 2.01. The van der Waals surface area contributed by atoms with E-state index in [0.29, 0.717) is 17.4 Å². The molecule has 0 saturated carbocycles. The van der Waals surface area contributed by atoms with Crippen molar-refractivity contribution in [2.45, 2.75) is 90.8 Å². The summed E-state index contributed by atoms with van der Waals surface area (Å²) in [5, 5.41) is 27.9. The van der Waals surface area contributed by atoms with E-state index in [1.807, 2.05) is 25.2 Å². The minimum atomic E-state index is -1.03. The Labute approximate surface area is 214 Å². The summed E-state index contributed by atoms with van der Waals surface area (Å²) in [5.41, 5.74) is 1.67. The highest BCUT2D eigenvalue weighted by Crippen LogP contribution is 2.43. The SMILES string of the molecule is CC(/C=C/[C@@H](O)[C@H](C)/C=C/C(=O)O)=C\C[C@H]1O[C@@]2(CC[C@@H](C)[C@@H](/C=C/C(C)=C/C(=O)O)O2)CC[C@@H]1C. The van der Waals surface area contributed by atoms with E-state index in [9.17, 15) is 14.7 Å². The third-order valence-corrected chi connectivity index (χ3v) is 7.08. The number of aliphatic hydroxyl groups excluding tert-OH is 1. The average molecular weight is 503 g/mol. The number of carboxylic acids is 2. The molecule has 200 valence electrons. The molecule has 0 aliphatic carbocycles. The summed E-state index contributed by atoms with van der Waals surface area (Å²) < 4.78 is 13.1. The smallest absolute Gasteiger partial charge is 0.328 e. The van der Waals surface area contributed by atoms with Crippen LogP contribution < -0.4 is 0 Å². The molecule has 7 heteroatoms. The first-order valence-corrected chi connectivity index (χ1v) is 12.8. The topological polar surface area (TPSA) is 113 Å². The van der Waals surface area contributed by atoms with Crippen LogP contribution in [0.2, 0.25) is 0 Å². The number of aliphatic hydroxyl groups is 1. The Morgan fingerprint density at radius 1 is 0.944 bits per heavy atom. The molecule has 0 aromatic carbocycles. The lowest BCUT2D eigenvalue weighted by Crippen LogP contribution is -2.51. The molecule has 2 aliphatic heterocycles. The molecule has 0 aromatic rings. The van der Waals surface area contributed by atoms with Crippen molar-refractivity contribution in [1.82, 2.24) is 0 Å². The highest BCUT2D eigenvalue weighted by Gasteiger charge is 2.45. The van der Waals surface area contributed by atoms with Crippen molar-refractivity contribution >= 4 is 11.9 Å². The first kappa shape index (κ1) is 29.7. The molecule has 0 amide bonds. The molecule has 36 heavy (non-hydrogen) atoms. The van der Waals surface area contributed by atoms with E-state index in [4.69, 9.17) is 19.7 Å². The molecular formula is C29H42O7. The Morgan fingerprint density at radius 2 is 1.61 bits per heavy atom. The summed E-state index contributed by atoms with van der Waals surface area (Å²) in [6, 6.07) is 0. The van der Waals surface area contributed by atoms with Gasteiger partial charge < -0.3 is 24.8 Å². The van der Waals surface area contributed by atoms with Gasteiger partial charge in [-0.25, -0.2) is 9.59 Å². The average Bonchev–Trinajstić information content (AvgIpc) is 2.81. The van der Waals surface area contributed by atoms with E-state index >= 15 is 0 Å². The standard InChI is InChI=1S/C29H42O7/c1-19(6-10-24(30)21(3)9-13-27(31)32)7-11-25-22(4)14-16-29(35-25)17-15-23(5)26(36-29)12-8-20(2)18-28(33)34/h6-10,12-13,18,21-26,30H,11,14-17H2,1-5H3,(H,31,32)(H,33,34)/b10-6+,12-8+,13-9+,19-7+,20-18+/t21-,22+,23-,24-,25-,26-,29+/m1/s1. The number of aliphatic carboxylic acids is 2. The maximum Gasteiger partial charge on any atom is 0.328 e. The van der Waals surface area contributed by atoms with Gasteiger partial charge in [-0.15, -0.1) is 0 Å². The second-order valence-electron chi connectivity index (χ2n) is 10.4. The van der Waals surface area contributed by atoms with Crippen LogP contribution in [-0.4, -0.2) is 51.4 Å². The van der Waals surface area contributed by atoms with Crippen molar-refractivity contribution in [3.8, 4) is 0 Å². The third kappa shape index (κ3) is 9.52. The number of hydrogen-bond acceptors (Lipinski definition) is 5. The summed E-state index contributed by atoms with van der Waals surface area (Å²) in [6.45, 7) is 9.84. The highest BCUT2D eigenvalue weighted by molar-refractivity contribution is 5.81. The minimum Gasteiger partial charge on any atom is -0.478 e. The van der Waals surface area contributed by atoms with E-state index in [2.05, 4.69) is 19.9 Å². The maximum absolute atomic E-state index is 10.9. The quantitative estimate of drug-likeness (QED) is 0.270. The first-order valence-electron chi connectivity index (χ1n) is 12.8. The lowest BCUT2D eigenvalue weighted by molar-refractivity contribution is -0.323. The zero-order valence-corrected chi connectivity index (χ0v) is 22.1. The molecule has 2 saturated heterocycles. The predicted molar refractivity (Wildman–Crippen MR) is 139 cm³/mol. The Bertz CT molecular complexity index is 909. The fraction of sp³-hybridized carbons (Fsp3) is 0.586. The molecule has 3 N–H and O–H groups in total. The van der Waals surface area contributed by atoms with Crippen molar-refractivity contribution in [2.24, 2.45) is 17.8 Å². The van der Waals surface area contributed by atoms with Gasteiger partial charge in [0.2, 0.25) is 0 Å². The number of carboxylic acid groups (broad SMARTS) is 2. The zero-order chi connectivity index (χ0) is 26.9. The summed E-state index contributed by atoms with van der Waals surface area (Å²) >= 11 is 0. The molecule has 7 atom stereocenters. The molecule has 7 nitrogen and oxygen atoms in total. The number of rotatable bonds is 10. The van der Waals surface area contributed by atoms with Gasteiger partial charge in [-0.1, -0.05) is 62.8 Å². The molecule has 2 fully saturated rings. The number of carbonyl (C=O) groups is 2. The van der Waals surface area contributed by atoms with Crippen LogP contribution in [0, 0.1) is 17.8 Å². The monoisotopic (exact) mass is 502 g/mol. The maximum atomic E-state index is 10.9. The Hall–Kier alpha value is -2.48. The minimum absolute atomic E-state index is 0.0103. The van der Waals surface area contributed by atoms with Crippen molar-refractivity contribution in [1.29, 1.82) is 0 Å². The van der Waals surface area contributed by atoms with Gasteiger partial charge in [-0.3, -0.25) is 0 Å². The van der Waals surface area contributed by atoms with Crippen LogP contribution in [0.3, 0.4) is 0 Å². The van der Waals surface area contributed by atoms with Crippen LogP contribution in [0.5, 0.6) is 0 Å². The second kappa shape index (κ2) is 13.7. The fourth-order valence-electron chi connectivity index (χ4n) is 4.53. The zero-order valence-electron chi connectivity index (χ0n) is 22.1. The molecule has 0 aromatic heterocycles. The first-order chi connectivity index (χ1) is 16.9. The van der Waals surface area contributed by atoms with Crippen molar-refractivity contribution in [3.05, 3.63) is 59.8 Å². The van der Waals surface area contributed by atoms with Gasteiger partial charge in [0.05, 0.1) is 18.3 Å². The van der Waals surface area contributed by atoms with Crippen LogP contribution >= 0.6 is 0 Å². The third-order valence-electron chi connectivity index (χ3n) is 7.08. The Kier molecular flexibility index (Phi) is 11.3. The van der Waals surface area contributed by atoms with E-state index in [-0.39, 0.29) is 18.1 Å². The summed E-state index contributed by atoms with van der Waals surface area (Å²) in [5.74, 6) is -2.22. The summed E-state index contributed by atoms with van der Waals surface area (Å²) in [7, 11) is 0. The van der Waals surface area contributed by atoms with Gasteiger partial charge in [0, 0.05) is 30.9 Å². The van der Waals surface area contributed by atoms with Crippen LogP contribution in [-0.2, 0) is 19.1 Å². The van der Waals surface area contributed by atoms with Crippen molar-refractivity contribution < 1.29 is 34.4 Å². The predicted octanol–water partition coefficient (Wildman–Crippen LogP) is 5.43. The van der Waals surface area contributed by atoms with E-state index in [1.54, 1.807) is 19.9 Å². The highest BCUT2D eigenvalue weighted by atomic mass is 16.7. The second-order valence-corrected chi connectivity index (χ2v) is 10.4. The lowest BCUT2D eigenvalue weighted by Gasteiger charge is -2.49. The van der Waals surface area contributed by atoms with Crippen LogP contribution in [0.1, 0.15) is 66.7 Å². The molecule has 2 heterocycles. The molecule has 0 radical (unpaired) electrons.